The predicted molar refractivity (Wildman–Crippen MR) is 93.3 cm³/mol. The van der Waals surface area contributed by atoms with Crippen LogP contribution in [-0.2, 0) is 19.5 Å². The third kappa shape index (κ3) is 3.37. The Labute approximate surface area is 146 Å². The Morgan fingerprint density at radius 1 is 1.12 bits per heavy atom. The van der Waals surface area contributed by atoms with Crippen molar-refractivity contribution < 1.29 is 14.2 Å². The average molecular weight is 347 g/mol. The van der Waals surface area contributed by atoms with E-state index in [4.69, 9.17) is 26.4 Å². The van der Waals surface area contributed by atoms with Crippen molar-refractivity contribution in [3.63, 3.8) is 0 Å². The summed E-state index contributed by atoms with van der Waals surface area (Å²) in [6.45, 7) is 2.53. The molecule has 0 bridgehead atoms. The highest BCUT2D eigenvalue weighted by molar-refractivity contribution is 7.71. The third-order valence-electron chi connectivity index (χ3n) is 4.24. The first-order valence-electron chi connectivity index (χ1n) is 7.73. The van der Waals surface area contributed by atoms with Crippen molar-refractivity contribution in [3.05, 3.63) is 39.9 Å². The molecule has 1 aliphatic heterocycles. The zero-order chi connectivity index (χ0) is 17.1. The molecular formula is C17H21N3O3S. The number of nitrogens with one attached hydrogen (secondary N) is 1. The van der Waals surface area contributed by atoms with Crippen LogP contribution in [0.3, 0.4) is 0 Å². The Morgan fingerprint density at radius 3 is 2.54 bits per heavy atom. The topological polar surface area (TPSA) is 59.6 Å². The molecule has 0 fully saturated rings. The first kappa shape index (κ1) is 16.7. The standard InChI is InChI=1S/C17H21N3O3S/c1-21-14-7-16(23-3)15(22-2)6-11(14)9-20-5-4-13-12(10-20)8-18-17(24)19-13/h6-8H,4-5,9-10H2,1-3H3,(H,18,19,24). The molecule has 1 N–H and O–H groups in total. The maximum absolute atomic E-state index is 5.52. The first-order valence-corrected chi connectivity index (χ1v) is 8.13. The van der Waals surface area contributed by atoms with Crippen LogP contribution in [0.15, 0.2) is 18.3 Å². The van der Waals surface area contributed by atoms with Gasteiger partial charge in [-0.3, -0.25) is 4.90 Å². The Morgan fingerprint density at radius 2 is 1.83 bits per heavy atom. The molecule has 0 radical (unpaired) electrons. The number of ether oxygens (including phenoxy) is 3. The number of H-pyrrole nitrogens is 1. The van der Waals surface area contributed by atoms with Crippen LogP contribution in [0.25, 0.3) is 0 Å². The van der Waals surface area contributed by atoms with Crippen LogP contribution in [0.2, 0.25) is 0 Å². The van der Waals surface area contributed by atoms with Gasteiger partial charge in [-0.1, -0.05) is 0 Å². The third-order valence-corrected chi connectivity index (χ3v) is 4.44. The van der Waals surface area contributed by atoms with Crippen LogP contribution in [0.4, 0.5) is 0 Å². The Kier molecular flexibility index (Phi) is 5.01. The molecule has 0 saturated carbocycles. The lowest BCUT2D eigenvalue weighted by Gasteiger charge is -2.28. The maximum Gasteiger partial charge on any atom is 0.196 e. The van der Waals surface area contributed by atoms with E-state index in [0.717, 1.165) is 37.4 Å². The van der Waals surface area contributed by atoms with Crippen molar-refractivity contribution in [2.75, 3.05) is 27.9 Å². The number of hydrogen-bond acceptors (Lipinski definition) is 6. The van der Waals surface area contributed by atoms with Gasteiger partial charge in [0.15, 0.2) is 16.3 Å². The number of hydrogen-bond donors (Lipinski definition) is 1. The van der Waals surface area contributed by atoms with E-state index in [0.29, 0.717) is 16.3 Å². The summed E-state index contributed by atoms with van der Waals surface area (Å²) in [7, 11) is 4.93. The number of methoxy groups -OCH3 is 3. The van der Waals surface area contributed by atoms with Crippen LogP contribution in [0.1, 0.15) is 16.8 Å². The van der Waals surface area contributed by atoms with E-state index < -0.39 is 0 Å². The fourth-order valence-electron chi connectivity index (χ4n) is 3.00. The number of benzene rings is 1. The summed E-state index contributed by atoms with van der Waals surface area (Å²) < 4.78 is 16.8. The van der Waals surface area contributed by atoms with E-state index in [-0.39, 0.29) is 0 Å². The van der Waals surface area contributed by atoms with Crippen LogP contribution < -0.4 is 14.2 Å². The summed E-state index contributed by atoms with van der Waals surface area (Å²) in [5.74, 6) is 2.17. The van der Waals surface area contributed by atoms with Crippen molar-refractivity contribution in [1.29, 1.82) is 0 Å². The summed E-state index contributed by atoms with van der Waals surface area (Å²) in [5.41, 5.74) is 3.44. The molecule has 1 aromatic heterocycles. The van der Waals surface area contributed by atoms with Crippen molar-refractivity contribution in [2.24, 2.45) is 0 Å². The zero-order valence-corrected chi connectivity index (χ0v) is 14.9. The number of fused-ring (bicyclic) bond motifs is 1. The van der Waals surface area contributed by atoms with Crippen LogP contribution in [-0.4, -0.2) is 42.7 Å². The van der Waals surface area contributed by atoms with E-state index in [1.807, 2.05) is 18.3 Å². The van der Waals surface area contributed by atoms with Gasteiger partial charge in [0.25, 0.3) is 0 Å². The van der Waals surface area contributed by atoms with Crippen LogP contribution >= 0.6 is 12.2 Å². The van der Waals surface area contributed by atoms with Gasteiger partial charge in [0, 0.05) is 55.1 Å². The minimum Gasteiger partial charge on any atom is -0.496 e. The van der Waals surface area contributed by atoms with Gasteiger partial charge in [-0.15, -0.1) is 0 Å². The van der Waals surface area contributed by atoms with Crippen LogP contribution in [0, 0.1) is 4.77 Å². The average Bonchev–Trinajstić information content (AvgIpc) is 2.61. The van der Waals surface area contributed by atoms with Gasteiger partial charge in [0.2, 0.25) is 0 Å². The second kappa shape index (κ2) is 7.19. The van der Waals surface area contributed by atoms with Gasteiger partial charge < -0.3 is 19.2 Å². The van der Waals surface area contributed by atoms with Gasteiger partial charge in [-0.05, 0) is 18.3 Å². The Hall–Kier alpha value is -2.12. The normalized spacial score (nSPS) is 14.1. The monoisotopic (exact) mass is 347 g/mol. The highest BCUT2D eigenvalue weighted by atomic mass is 32.1. The molecule has 0 amide bonds. The molecule has 24 heavy (non-hydrogen) atoms. The minimum absolute atomic E-state index is 0.545. The Bertz CT molecular complexity index is 791. The van der Waals surface area contributed by atoms with Gasteiger partial charge in [-0.25, -0.2) is 4.98 Å². The smallest absolute Gasteiger partial charge is 0.196 e. The lowest BCUT2D eigenvalue weighted by atomic mass is 10.1. The molecule has 3 rings (SSSR count). The lowest BCUT2D eigenvalue weighted by molar-refractivity contribution is 0.238. The van der Waals surface area contributed by atoms with E-state index >= 15 is 0 Å². The molecule has 1 aliphatic rings. The predicted octanol–water partition coefficient (Wildman–Crippen LogP) is 2.72. The lowest BCUT2D eigenvalue weighted by Crippen LogP contribution is -2.31. The van der Waals surface area contributed by atoms with E-state index in [2.05, 4.69) is 14.9 Å². The van der Waals surface area contributed by atoms with E-state index in [1.165, 1.54) is 11.3 Å². The number of aromatic nitrogens is 2. The van der Waals surface area contributed by atoms with Crippen molar-refractivity contribution >= 4 is 12.2 Å². The summed E-state index contributed by atoms with van der Waals surface area (Å²) in [6.07, 6.45) is 2.79. The molecule has 0 spiro atoms. The fourth-order valence-corrected chi connectivity index (χ4v) is 3.17. The molecule has 0 atom stereocenters. The Balaban J connectivity index is 1.83. The van der Waals surface area contributed by atoms with E-state index in [1.54, 1.807) is 21.3 Å². The highest BCUT2D eigenvalue weighted by Gasteiger charge is 2.20. The van der Waals surface area contributed by atoms with Crippen LogP contribution in [0.5, 0.6) is 17.2 Å². The summed E-state index contributed by atoms with van der Waals surface area (Å²) in [5, 5.41) is 0. The second-order valence-corrected chi connectivity index (χ2v) is 6.06. The molecule has 0 aliphatic carbocycles. The van der Waals surface area contributed by atoms with E-state index in [9.17, 15) is 0 Å². The highest BCUT2D eigenvalue weighted by Crippen LogP contribution is 2.35. The fraction of sp³-hybridized carbons (Fsp3) is 0.412. The number of aromatic amines is 1. The maximum atomic E-state index is 5.52. The second-order valence-electron chi connectivity index (χ2n) is 5.67. The van der Waals surface area contributed by atoms with Crippen molar-refractivity contribution in [1.82, 2.24) is 14.9 Å². The zero-order valence-electron chi connectivity index (χ0n) is 14.1. The van der Waals surface area contributed by atoms with Gasteiger partial charge in [0.1, 0.15) is 5.75 Å². The first-order chi connectivity index (χ1) is 11.6. The molecule has 2 aromatic rings. The molecule has 1 aromatic carbocycles. The summed E-state index contributed by atoms with van der Waals surface area (Å²) >= 11 is 5.09. The largest absolute Gasteiger partial charge is 0.496 e. The minimum atomic E-state index is 0.545. The molecule has 2 heterocycles. The summed E-state index contributed by atoms with van der Waals surface area (Å²) in [6, 6.07) is 3.84. The number of nitrogens with zero attached hydrogens (tertiary/aromatic N) is 2. The molecular weight excluding hydrogens is 326 g/mol. The number of rotatable bonds is 5. The van der Waals surface area contributed by atoms with Gasteiger partial charge >= 0.3 is 0 Å². The molecule has 6 nitrogen and oxygen atoms in total. The molecule has 7 heteroatoms. The molecule has 128 valence electrons. The van der Waals surface area contributed by atoms with Gasteiger partial charge in [-0.2, -0.15) is 0 Å². The summed E-state index contributed by atoms with van der Waals surface area (Å²) in [4.78, 5) is 9.72. The molecule has 0 saturated heterocycles. The van der Waals surface area contributed by atoms with Gasteiger partial charge in [0.05, 0.1) is 21.3 Å². The molecule has 0 unspecified atom stereocenters. The quantitative estimate of drug-likeness (QED) is 0.839. The van der Waals surface area contributed by atoms with Crippen molar-refractivity contribution in [3.8, 4) is 17.2 Å². The van der Waals surface area contributed by atoms with Crippen molar-refractivity contribution in [2.45, 2.75) is 19.5 Å². The SMILES string of the molecule is COc1cc(OC)c(OC)cc1CN1CCc2[nH]c(=S)ncc2C1.